The second-order valence-corrected chi connectivity index (χ2v) is 5.40. The number of amides is 1. The highest BCUT2D eigenvalue weighted by molar-refractivity contribution is 5.94. The van der Waals surface area contributed by atoms with Gasteiger partial charge in [0.1, 0.15) is 17.1 Å². The van der Waals surface area contributed by atoms with E-state index in [0.717, 1.165) is 11.1 Å². The molecule has 0 unspecified atom stereocenters. The number of methoxy groups -OCH3 is 2. The van der Waals surface area contributed by atoms with Gasteiger partial charge in [-0.15, -0.1) is 0 Å². The van der Waals surface area contributed by atoms with Gasteiger partial charge in [-0.1, -0.05) is 29.8 Å². The van der Waals surface area contributed by atoms with Crippen LogP contribution < -0.4 is 14.8 Å². The van der Waals surface area contributed by atoms with Crippen LogP contribution in [0.3, 0.4) is 0 Å². The Kier molecular flexibility index (Phi) is 6.39. The quantitative estimate of drug-likeness (QED) is 0.782. The number of rotatable bonds is 7. The maximum atomic E-state index is 12.1. The lowest BCUT2D eigenvalue weighted by Gasteiger charge is -2.10. The van der Waals surface area contributed by atoms with Gasteiger partial charge in [0.05, 0.1) is 14.2 Å². The van der Waals surface area contributed by atoms with Crippen LogP contribution in [0.5, 0.6) is 11.5 Å². The van der Waals surface area contributed by atoms with Crippen LogP contribution in [-0.4, -0.2) is 32.7 Å². The molecular weight excluding hydrogens is 322 g/mol. The van der Waals surface area contributed by atoms with Crippen molar-refractivity contribution in [2.45, 2.75) is 13.5 Å². The predicted octanol–water partition coefficient (Wildman–Crippen LogP) is 2.49. The van der Waals surface area contributed by atoms with Gasteiger partial charge in [-0.2, -0.15) is 0 Å². The third kappa shape index (κ3) is 5.24. The van der Waals surface area contributed by atoms with Crippen LogP contribution in [0.15, 0.2) is 42.5 Å². The third-order valence-electron chi connectivity index (χ3n) is 3.57. The summed E-state index contributed by atoms with van der Waals surface area (Å²) < 4.78 is 15.3. The van der Waals surface area contributed by atoms with E-state index < -0.39 is 5.97 Å². The van der Waals surface area contributed by atoms with Crippen molar-refractivity contribution in [1.82, 2.24) is 5.32 Å². The second-order valence-electron chi connectivity index (χ2n) is 5.40. The molecule has 0 heterocycles. The monoisotopic (exact) mass is 343 g/mol. The number of carbonyl (C=O) groups excluding carboxylic acids is 2. The van der Waals surface area contributed by atoms with E-state index in [4.69, 9.17) is 14.2 Å². The molecule has 2 aromatic rings. The molecule has 1 amide bonds. The standard InChI is InChI=1S/C19H21NO5/c1-13-4-6-14(7-5-13)11-20-18(21)12-25-19(22)16-9-8-15(23-2)10-17(16)24-3/h4-10H,11-12H2,1-3H3,(H,20,21). The van der Waals surface area contributed by atoms with Gasteiger partial charge >= 0.3 is 5.97 Å². The second kappa shape index (κ2) is 8.73. The molecule has 1 N–H and O–H groups in total. The molecule has 0 saturated heterocycles. The molecule has 25 heavy (non-hydrogen) atoms. The summed E-state index contributed by atoms with van der Waals surface area (Å²) in [5.74, 6) is -0.125. The number of benzene rings is 2. The zero-order chi connectivity index (χ0) is 18.2. The fraction of sp³-hybridized carbons (Fsp3) is 0.263. The van der Waals surface area contributed by atoms with E-state index in [2.05, 4.69) is 5.32 Å². The maximum Gasteiger partial charge on any atom is 0.342 e. The van der Waals surface area contributed by atoms with Crippen molar-refractivity contribution in [3.63, 3.8) is 0 Å². The van der Waals surface area contributed by atoms with E-state index in [0.29, 0.717) is 18.0 Å². The lowest BCUT2D eigenvalue weighted by Crippen LogP contribution is -2.28. The number of carbonyl (C=O) groups is 2. The normalized spacial score (nSPS) is 10.0. The predicted molar refractivity (Wildman–Crippen MR) is 92.9 cm³/mol. The van der Waals surface area contributed by atoms with Crippen LogP contribution in [0.25, 0.3) is 0 Å². The van der Waals surface area contributed by atoms with Gasteiger partial charge in [-0.05, 0) is 24.6 Å². The van der Waals surface area contributed by atoms with Crippen molar-refractivity contribution in [3.05, 3.63) is 59.2 Å². The van der Waals surface area contributed by atoms with Gasteiger partial charge in [-0.25, -0.2) is 4.79 Å². The van der Waals surface area contributed by atoms with Crippen molar-refractivity contribution in [2.24, 2.45) is 0 Å². The topological polar surface area (TPSA) is 73.9 Å². The van der Waals surface area contributed by atoms with Crippen molar-refractivity contribution in [1.29, 1.82) is 0 Å². The zero-order valence-corrected chi connectivity index (χ0v) is 14.5. The molecule has 0 radical (unpaired) electrons. The number of hydrogen-bond acceptors (Lipinski definition) is 5. The fourth-order valence-corrected chi connectivity index (χ4v) is 2.13. The Labute approximate surface area is 146 Å². The smallest absolute Gasteiger partial charge is 0.342 e. The highest BCUT2D eigenvalue weighted by Gasteiger charge is 2.16. The molecule has 6 heteroatoms. The lowest BCUT2D eigenvalue weighted by molar-refractivity contribution is -0.124. The SMILES string of the molecule is COc1ccc(C(=O)OCC(=O)NCc2ccc(C)cc2)c(OC)c1. The summed E-state index contributed by atoms with van der Waals surface area (Å²) >= 11 is 0. The number of hydrogen-bond donors (Lipinski definition) is 1. The molecule has 0 aliphatic carbocycles. The molecule has 0 aromatic heterocycles. The van der Waals surface area contributed by atoms with Crippen LogP contribution in [0.1, 0.15) is 21.5 Å². The Hall–Kier alpha value is -3.02. The lowest BCUT2D eigenvalue weighted by atomic mass is 10.1. The molecule has 0 aliphatic heterocycles. The maximum absolute atomic E-state index is 12.1. The van der Waals surface area contributed by atoms with E-state index >= 15 is 0 Å². The van der Waals surface area contributed by atoms with Gasteiger partial charge in [-0.3, -0.25) is 4.79 Å². The first-order valence-electron chi connectivity index (χ1n) is 7.75. The molecule has 0 saturated carbocycles. The number of nitrogens with one attached hydrogen (secondary N) is 1. The Morgan fingerprint density at radius 1 is 1.00 bits per heavy atom. The fourth-order valence-electron chi connectivity index (χ4n) is 2.13. The Morgan fingerprint density at radius 3 is 2.36 bits per heavy atom. The summed E-state index contributed by atoms with van der Waals surface area (Å²) in [4.78, 5) is 24.0. The summed E-state index contributed by atoms with van der Waals surface area (Å²) in [6.45, 7) is 2.01. The van der Waals surface area contributed by atoms with Crippen molar-refractivity contribution >= 4 is 11.9 Å². The van der Waals surface area contributed by atoms with Gasteiger partial charge < -0.3 is 19.5 Å². The van der Waals surface area contributed by atoms with Crippen LogP contribution >= 0.6 is 0 Å². The van der Waals surface area contributed by atoms with Gasteiger partial charge in [0.2, 0.25) is 0 Å². The van der Waals surface area contributed by atoms with E-state index in [1.54, 1.807) is 12.1 Å². The number of esters is 1. The molecule has 6 nitrogen and oxygen atoms in total. The van der Waals surface area contributed by atoms with Crippen LogP contribution in [0, 0.1) is 6.92 Å². The van der Waals surface area contributed by atoms with E-state index in [1.807, 2.05) is 31.2 Å². The molecule has 132 valence electrons. The minimum atomic E-state index is -0.634. The van der Waals surface area contributed by atoms with Crippen molar-refractivity contribution in [3.8, 4) is 11.5 Å². The van der Waals surface area contributed by atoms with Crippen LogP contribution in [-0.2, 0) is 16.1 Å². The molecule has 2 rings (SSSR count). The minimum absolute atomic E-state index is 0.231. The van der Waals surface area contributed by atoms with Crippen molar-refractivity contribution in [2.75, 3.05) is 20.8 Å². The highest BCUT2D eigenvalue weighted by atomic mass is 16.5. The molecule has 0 bridgehead atoms. The summed E-state index contributed by atoms with van der Waals surface area (Å²) in [7, 11) is 2.96. The first-order chi connectivity index (χ1) is 12.0. The summed E-state index contributed by atoms with van der Waals surface area (Å²) in [5, 5.41) is 2.70. The molecule has 0 spiro atoms. The molecule has 0 atom stereocenters. The number of ether oxygens (including phenoxy) is 3. The van der Waals surface area contributed by atoms with Crippen LogP contribution in [0.4, 0.5) is 0 Å². The zero-order valence-electron chi connectivity index (χ0n) is 14.5. The van der Waals surface area contributed by atoms with Gasteiger partial charge in [0.25, 0.3) is 5.91 Å². The molecule has 2 aromatic carbocycles. The molecule has 0 fully saturated rings. The van der Waals surface area contributed by atoms with E-state index in [9.17, 15) is 9.59 Å². The summed E-state index contributed by atoms with van der Waals surface area (Å²) in [6, 6.07) is 12.5. The van der Waals surface area contributed by atoms with E-state index in [-0.39, 0.29) is 18.1 Å². The van der Waals surface area contributed by atoms with Gasteiger partial charge in [0.15, 0.2) is 6.61 Å². The number of aryl methyl sites for hydroxylation is 1. The summed E-state index contributed by atoms with van der Waals surface area (Å²) in [6.07, 6.45) is 0. The van der Waals surface area contributed by atoms with Gasteiger partial charge in [0, 0.05) is 12.6 Å². The highest BCUT2D eigenvalue weighted by Crippen LogP contribution is 2.25. The first kappa shape index (κ1) is 18.3. The molecule has 0 aliphatic rings. The first-order valence-corrected chi connectivity index (χ1v) is 7.75. The van der Waals surface area contributed by atoms with E-state index in [1.165, 1.54) is 20.3 Å². The summed E-state index contributed by atoms with van der Waals surface area (Å²) in [5.41, 5.74) is 2.36. The Bertz CT molecular complexity index is 740. The largest absolute Gasteiger partial charge is 0.497 e. The Balaban J connectivity index is 1.86. The molecular formula is C19H21NO5. The average molecular weight is 343 g/mol. The Morgan fingerprint density at radius 2 is 1.72 bits per heavy atom. The minimum Gasteiger partial charge on any atom is -0.497 e. The van der Waals surface area contributed by atoms with Crippen LogP contribution in [0.2, 0.25) is 0 Å². The average Bonchev–Trinajstić information content (AvgIpc) is 2.65. The van der Waals surface area contributed by atoms with Crippen molar-refractivity contribution < 1.29 is 23.8 Å². The third-order valence-corrected chi connectivity index (χ3v) is 3.57.